The molecule has 0 radical (unpaired) electrons. The van der Waals surface area contributed by atoms with Crippen molar-refractivity contribution >= 4 is 24.5 Å². The Bertz CT molecular complexity index is 954. The van der Waals surface area contributed by atoms with Gasteiger partial charge in [-0.25, -0.2) is 0 Å². The molecule has 0 aromatic heterocycles. The first-order valence-corrected chi connectivity index (χ1v) is 14.2. The number of ketones is 1. The predicted octanol–water partition coefficient (Wildman–Crippen LogP) is 4.31. The van der Waals surface area contributed by atoms with E-state index in [0.717, 1.165) is 19.3 Å². The summed E-state index contributed by atoms with van der Waals surface area (Å²) in [5.41, 5.74) is -0.544. The van der Waals surface area contributed by atoms with Crippen molar-refractivity contribution in [2.45, 2.75) is 57.8 Å². The summed E-state index contributed by atoms with van der Waals surface area (Å²) in [4.78, 5) is 13.4. The number of rotatable bonds is 6. The Labute approximate surface area is 198 Å². The van der Waals surface area contributed by atoms with E-state index in [1.165, 1.54) is 10.4 Å². The van der Waals surface area contributed by atoms with Crippen molar-refractivity contribution in [3.63, 3.8) is 0 Å². The third-order valence-corrected chi connectivity index (χ3v) is 13.6. The van der Waals surface area contributed by atoms with E-state index in [1.54, 1.807) is 6.92 Å². The zero-order valence-electron chi connectivity index (χ0n) is 20.3. The highest BCUT2D eigenvalue weighted by molar-refractivity contribution is 6.99. The molecular weight excluding hydrogens is 428 g/mol. The average Bonchev–Trinajstić information content (AvgIpc) is 3.47. The summed E-state index contributed by atoms with van der Waals surface area (Å²) in [5, 5.41) is 2.37. The van der Waals surface area contributed by atoms with E-state index < -0.39 is 19.5 Å². The van der Waals surface area contributed by atoms with Crippen LogP contribution in [0.25, 0.3) is 0 Å². The lowest BCUT2D eigenvalue weighted by molar-refractivity contribution is -0.200. The standard InChI is InChI=1S/C28H36O4Si/c1-21(29)27(22-15-16-25(27)28(19-22)30-17-18-31-28)20-32-33(26(2,3)4,23-11-7-5-8-12-23)24-13-9-6-10-14-24/h5-14,22,25H,15-20H2,1-4H3/t22-,25-,27+/m1/s1. The van der Waals surface area contributed by atoms with Crippen LogP contribution >= 0.6 is 0 Å². The summed E-state index contributed by atoms with van der Waals surface area (Å²) < 4.78 is 19.7. The minimum Gasteiger partial charge on any atom is -0.406 e. The van der Waals surface area contributed by atoms with Gasteiger partial charge in [0.15, 0.2) is 5.79 Å². The maximum atomic E-state index is 13.4. The summed E-state index contributed by atoms with van der Waals surface area (Å²) in [5.74, 6) is -0.0583. The van der Waals surface area contributed by atoms with Crippen LogP contribution in [0.15, 0.2) is 60.7 Å². The Morgan fingerprint density at radius 2 is 1.52 bits per heavy atom. The van der Waals surface area contributed by atoms with Gasteiger partial charge in [-0.05, 0) is 41.1 Å². The molecule has 2 bridgehead atoms. The molecule has 0 unspecified atom stereocenters. The molecule has 2 saturated carbocycles. The van der Waals surface area contributed by atoms with Gasteiger partial charge in [-0.3, -0.25) is 4.79 Å². The molecule has 2 aromatic carbocycles. The van der Waals surface area contributed by atoms with Crippen molar-refractivity contribution < 1.29 is 18.7 Å². The van der Waals surface area contributed by atoms with Crippen LogP contribution in [-0.2, 0) is 18.7 Å². The van der Waals surface area contributed by atoms with Gasteiger partial charge in [-0.1, -0.05) is 81.4 Å². The van der Waals surface area contributed by atoms with Gasteiger partial charge in [0.25, 0.3) is 8.32 Å². The van der Waals surface area contributed by atoms with Gasteiger partial charge in [0.1, 0.15) is 5.78 Å². The molecule has 4 nitrogen and oxygen atoms in total. The first kappa shape index (κ1) is 23.0. The number of carbonyl (C=O) groups excluding carboxylic acids is 1. The second-order valence-electron chi connectivity index (χ2n) is 11.1. The minimum absolute atomic E-state index is 0.0632. The molecule has 5 rings (SSSR count). The summed E-state index contributed by atoms with van der Waals surface area (Å²) >= 11 is 0. The third-order valence-electron chi connectivity index (χ3n) is 8.59. The molecule has 2 aromatic rings. The molecule has 33 heavy (non-hydrogen) atoms. The smallest absolute Gasteiger partial charge is 0.261 e. The van der Waals surface area contributed by atoms with Crippen LogP contribution in [0.3, 0.4) is 0 Å². The lowest BCUT2D eigenvalue weighted by Gasteiger charge is -2.46. The SMILES string of the molecule is CC(=O)[C@@]1(CO[Si](c2ccccc2)(c2ccccc2)C(C)(C)C)[C@@H]2CC[C@H]1C1(C2)OCCO1. The number of ether oxygens (including phenoxy) is 2. The third kappa shape index (κ3) is 3.31. The summed E-state index contributed by atoms with van der Waals surface area (Å²) in [6.45, 7) is 10.3. The Balaban J connectivity index is 1.60. The van der Waals surface area contributed by atoms with Crippen LogP contribution in [0.2, 0.25) is 5.04 Å². The maximum Gasteiger partial charge on any atom is 0.261 e. The lowest BCUT2D eigenvalue weighted by Crippen LogP contribution is -2.67. The fourth-order valence-electron chi connectivity index (χ4n) is 7.18. The first-order valence-electron chi connectivity index (χ1n) is 12.3. The number of Topliss-reactive ketones (excluding diaryl/α,β-unsaturated/α-hetero) is 1. The monoisotopic (exact) mass is 464 g/mol. The van der Waals surface area contributed by atoms with Crippen LogP contribution in [-0.4, -0.2) is 39.7 Å². The van der Waals surface area contributed by atoms with E-state index in [2.05, 4.69) is 81.4 Å². The summed E-state index contributed by atoms with van der Waals surface area (Å²) in [6.07, 6.45) is 2.82. The zero-order chi connectivity index (χ0) is 23.3. The molecule has 0 amide bonds. The molecule has 5 heteroatoms. The number of benzene rings is 2. The van der Waals surface area contributed by atoms with Gasteiger partial charge in [-0.2, -0.15) is 0 Å². The van der Waals surface area contributed by atoms with Gasteiger partial charge in [-0.15, -0.1) is 0 Å². The Morgan fingerprint density at radius 3 is 2.00 bits per heavy atom. The van der Waals surface area contributed by atoms with Gasteiger partial charge < -0.3 is 13.9 Å². The van der Waals surface area contributed by atoms with Gasteiger partial charge in [0, 0.05) is 18.9 Å². The van der Waals surface area contributed by atoms with Crippen LogP contribution in [0.1, 0.15) is 47.0 Å². The van der Waals surface area contributed by atoms with E-state index in [-0.39, 0.29) is 22.7 Å². The van der Waals surface area contributed by atoms with Crippen molar-refractivity contribution in [1.29, 1.82) is 0 Å². The quantitative estimate of drug-likeness (QED) is 0.598. The number of fused-ring (bicyclic) bond motifs is 3. The number of hydrogen-bond acceptors (Lipinski definition) is 4. The Kier molecular flexibility index (Phi) is 5.68. The van der Waals surface area contributed by atoms with Crippen molar-refractivity contribution in [1.82, 2.24) is 0 Å². The molecule has 2 aliphatic carbocycles. The van der Waals surface area contributed by atoms with E-state index in [9.17, 15) is 4.79 Å². The maximum absolute atomic E-state index is 13.4. The molecule has 1 spiro atoms. The Hall–Kier alpha value is -1.79. The Morgan fingerprint density at radius 1 is 0.970 bits per heavy atom. The highest BCUT2D eigenvalue weighted by Crippen LogP contribution is 2.65. The topological polar surface area (TPSA) is 44.8 Å². The molecule has 1 aliphatic heterocycles. The van der Waals surface area contributed by atoms with Crippen LogP contribution < -0.4 is 10.4 Å². The zero-order valence-corrected chi connectivity index (χ0v) is 21.3. The summed E-state index contributed by atoms with van der Waals surface area (Å²) in [6, 6.07) is 21.4. The number of hydrogen-bond donors (Lipinski definition) is 0. The highest BCUT2D eigenvalue weighted by atomic mass is 28.4. The fraction of sp³-hybridized carbons (Fsp3) is 0.536. The van der Waals surface area contributed by atoms with Crippen LogP contribution in [0.4, 0.5) is 0 Å². The molecule has 176 valence electrons. The van der Waals surface area contributed by atoms with Crippen LogP contribution in [0.5, 0.6) is 0 Å². The van der Waals surface area contributed by atoms with Crippen molar-refractivity contribution in [2.24, 2.45) is 17.3 Å². The highest BCUT2D eigenvalue weighted by Gasteiger charge is 2.70. The van der Waals surface area contributed by atoms with E-state index in [1.807, 2.05) is 0 Å². The second kappa shape index (κ2) is 8.16. The van der Waals surface area contributed by atoms with Crippen molar-refractivity contribution in [2.75, 3.05) is 19.8 Å². The van der Waals surface area contributed by atoms with E-state index in [4.69, 9.17) is 13.9 Å². The molecule has 3 fully saturated rings. The minimum atomic E-state index is -2.73. The average molecular weight is 465 g/mol. The summed E-state index contributed by atoms with van der Waals surface area (Å²) in [7, 11) is -2.73. The lowest BCUT2D eigenvalue weighted by atomic mass is 9.74. The van der Waals surface area contributed by atoms with Crippen molar-refractivity contribution in [3.05, 3.63) is 60.7 Å². The normalized spacial score (nSPS) is 28.5. The molecule has 3 atom stereocenters. The molecule has 3 aliphatic rings. The number of carbonyl (C=O) groups is 1. The van der Waals surface area contributed by atoms with Crippen molar-refractivity contribution in [3.8, 4) is 0 Å². The van der Waals surface area contributed by atoms with Gasteiger partial charge in [0.2, 0.25) is 0 Å². The van der Waals surface area contributed by atoms with E-state index in [0.29, 0.717) is 19.8 Å². The second-order valence-corrected chi connectivity index (χ2v) is 15.4. The fourth-order valence-corrected chi connectivity index (χ4v) is 11.8. The predicted molar refractivity (Wildman–Crippen MR) is 132 cm³/mol. The molecular formula is C28H36O4Si. The molecule has 1 saturated heterocycles. The first-order chi connectivity index (χ1) is 15.8. The van der Waals surface area contributed by atoms with Gasteiger partial charge in [0.05, 0.1) is 18.6 Å². The largest absolute Gasteiger partial charge is 0.406 e. The van der Waals surface area contributed by atoms with Crippen LogP contribution in [0, 0.1) is 17.3 Å². The van der Waals surface area contributed by atoms with E-state index >= 15 is 0 Å². The molecule has 1 heterocycles. The molecule has 0 N–H and O–H groups in total. The van der Waals surface area contributed by atoms with Gasteiger partial charge >= 0.3 is 0 Å².